The van der Waals surface area contributed by atoms with Gasteiger partial charge in [0.25, 0.3) is 0 Å². The number of benzene rings is 1. The number of carbonyl (C=O) groups is 1. The molecule has 7 heteroatoms. The van der Waals surface area contributed by atoms with Gasteiger partial charge < -0.3 is 9.42 Å². The summed E-state index contributed by atoms with van der Waals surface area (Å²) in [6.07, 6.45) is 3.82. The number of aromatic nitrogens is 4. The van der Waals surface area contributed by atoms with Gasteiger partial charge in [0, 0.05) is 19.3 Å². The van der Waals surface area contributed by atoms with Gasteiger partial charge in [-0.05, 0) is 24.5 Å². The Hall–Kier alpha value is -3.09. The summed E-state index contributed by atoms with van der Waals surface area (Å²) >= 11 is 0. The average molecular weight is 335 g/mol. The summed E-state index contributed by atoms with van der Waals surface area (Å²) in [6.45, 7) is 3.17. The second-order valence-corrected chi connectivity index (χ2v) is 6.10. The molecule has 0 aliphatic carbocycles. The Kier molecular flexibility index (Phi) is 3.97. The van der Waals surface area contributed by atoms with Crippen LogP contribution in [0.25, 0.3) is 11.5 Å². The van der Waals surface area contributed by atoms with Gasteiger partial charge in [0.15, 0.2) is 0 Å². The van der Waals surface area contributed by atoms with Crippen LogP contribution in [0.1, 0.15) is 29.4 Å². The maximum absolute atomic E-state index is 12.7. The van der Waals surface area contributed by atoms with E-state index in [1.54, 1.807) is 6.20 Å². The van der Waals surface area contributed by atoms with Crippen LogP contribution in [0, 0.1) is 6.92 Å². The normalized spacial score (nSPS) is 17.2. The smallest absolute Gasteiger partial charge is 0.239 e. The van der Waals surface area contributed by atoms with E-state index in [-0.39, 0.29) is 11.8 Å². The molecule has 1 aliphatic heterocycles. The van der Waals surface area contributed by atoms with Gasteiger partial charge in [-0.25, -0.2) is 9.97 Å². The Bertz CT molecular complexity index is 893. The fourth-order valence-corrected chi connectivity index (χ4v) is 3.04. The monoisotopic (exact) mass is 335 g/mol. The SMILES string of the molecule is Cc1cncnc1-c1noc(C2CCN(Cc3ccccc3)C2=O)n1. The molecule has 3 aromatic rings. The largest absolute Gasteiger partial charge is 0.338 e. The highest BCUT2D eigenvalue weighted by molar-refractivity contribution is 5.84. The van der Waals surface area contributed by atoms with E-state index in [0.29, 0.717) is 36.9 Å². The summed E-state index contributed by atoms with van der Waals surface area (Å²) in [5.41, 5.74) is 2.59. The Morgan fingerprint density at radius 3 is 2.92 bits per heavy atom. The molecule has 0 bridgehead atoms. The second kappa shape index (κ2) is 6.43. The predicted octanol–water partition coefficient (Wildman–Crippen LogP) is 2.35. The first-order valence-corrected chi connectivity index (χ1v) is 8.15. The second-order valence-electron chi connectivity index (χ2n) is 6.10. The van der Waals surface area contributed by atoms with Crippen molar-refractivity contribution in [2.75, 3.05) is 6.54 Å². The number of carbonyl (C=O) groups excluding carboxylic acids is 1. The molecule has 1 saturated heterocycles. The van der Waals surface area contributed by atoms with Crippen LogP contribution in [-0.2, 0) is 11.3 Å². The van der Waals surface area contributed by atoms with E-state index in [0.717, 1.165) is 11.1 Å². The highest BCUT2D eigenvalue weighted by atomic mass is 16.5. The Labute approximate surface area is 144 Å². The molecule has 1 aliphatic rings. The van der Waals surface area contributed by atoms with E-state index >= 15 is 0 Å². The van der Waals surface area contributed by atoms with Crippen molar-refractivity contribution in [3.8, 4) is 11.5 Å². The lowest BCUT2D eigenvalue weighted by atomic mass is 10.1. The first-order valence-electron chi connectivity index (χ1n) is 8.15. The molecule has 1 unspecified atom stereocenters. The molecule has 1 aromatic carbocycles. The summed E-state index contributed by atoms with van der Waals surface area (Å²) in [5.74, 6) is 0.392. The molecular weight excluding hydrogens is 318 g/mol. The van der Waals surface area contributed by atoms with Crippen molar-refractivity contribution >= 4 is 5.91 Å². The van der Waals surface area contributed by atoms with Gasteiger partial charge >= 0.3 is 0 Å². The number of hydrogen-bond acceptors (Lipinski definition) is 6. The molecule has 25 heavy (non-hydrogen) atoms. The first-order chi connectivity index (χ1) is 12.2. The summed E-state index contributed by atoms with van der Waals surface area (Å²) in [7, 11) is 0. The van der Waals surface area contributed by atoms with Gasteiger partial charge in [-0.2, -0.15) is 4.98 Å². The molecule has 1 atom stereocenters. The molecule has 0 spiro atoms. The van der Waals surface area contributed by atoms with Crippen molar-refractivity contribution in [2.24, 2.45) is 0 Å². The van der Waals surface area contributed by atoms with Gasteiger partial charge in [-0.15, -0.1) is 0 Å². The Balaban J connectivity index is 1.52. The fraction of sp³-hybridized carbons (Fsp3) is 0.278. The van der Waals surface area contributed by atoms with Crippen molar-refractivity contribution in [3.63, 3.8) is 0 Å². The maximum Gasteiger partial charge on any atom is 0.239 e. The van der Waals surface area contributed by atoms with E-state index in [9.17, 15) is 4.79 Å². The van der Waals surface area contributed by atoms with Crippen LogP contribution in [0.5, 0.6) is 0 Å². The zero-order valence-corrected chi connectivity index (χ0v) is 13.8. The van der Waals surface area contributed by atoms with Crippen LogP contribution < -0.4 is 0 Å². The molecule has 7 nitrogen and oxygen atoms in total. The quantitative estimate of drug-likeness (QED) is 0.727. The van der Waals surface area contributed by atoms with E-state index in [1.807, 2.05) is 42.2 Å². The van der Waals surface area contributed by atoms with Gasteiger partial charge in [0.1, 0.15) is 17.9 Å². The van der Waals surface area contributed by atoms with Crippen LogP contribution in [0.2, 0.25) is 0 Å². The molecule has 0 radical (unpaired) electrons. The van der Waals surface area contributed by atoms with Crippen LogP contribution in [-0.4, -0.2) is 37.5 Å². The highest BCUT2D eigenvalue weighted by Gasteiger charge is 2.36. The van der Waals surface area contributed by atoms with E-state index < -0.39 is 0 Å². The lowest BCUT2D eigenvalue weighted by Gasteiger charge is -2.15. The number of nitrogens with zero attached hydrogens (tertiary/aromatic N) is 5. The Morgan fingerprint density at radius 2 is 2.12 bits per heavy atom. The summed E-state index contributed by atoms with van der Waals surface area (Å²) < 4.78 is 5.36. The Morgan fingerprint density at radius 1 is 1.28 bits per heavy atom. The molecular formula is C18H17N5O2. The predicted molar refractivity (Wildman–Crippen MR) is 89.3 cm³/mol. The van der Waals surface area contributed by atoms with Crippen molar-refractivity contribution in [1.82, 2.24) is 25.0 Å². The lowest BCUT2D eigenvalue weighted by Crippen LogP contribution is -2.26. The van der Waals surface area contributed by atoms with Crippen molar-refractivity contribution < 1.29 is 9.32 Å². The van der Waals surface area contributed by atoms with Crippen LogP contribution >= 0.6 is 0 Å². The third-order valence-corrected chi connectivity index (χ3v) is 4.36. The van der Waals surface area contributed by atoms with Gasteiger partial charge in [0.2, 0.25) is 17.6 Å². The van der Waals surface area contributed by atoms with Gasteiger partial charge in [-0.1, -0.05) is 35.5 Å². The molecule has 2 aromatic heterocycles. The van der Waals surface area contributed by atoms with Gasteiger partial charge in [-0.3, -0.25) is 4.79 Å². The van der Waals surface area contributed by atoms with Crippen LogP contribution in [0.4, 0.5) is 0 Å². The van der Waals surface area contributed by atoms with E-state index in [1.165, 1.54) is 6.33 Å². The minimum atomic E-state index is -0.382. The average Bonchev–Trinajstić information content (AvgIpc) is 3.24. The van der Waals surface area contributed by atoms with Crippen LogP contribution in [0.15, 0.2) is 47.4 Å². The third kappa shape index (κ3) is 3.00. The number of hydrogen-bond donors (Lipinski definition) is 0. The van der Waals surface area contributed by atoms with Crippen molar-refractivity contribution in [3.05, 3.63) is 59.9 Å². The van der Waals surface area contributed by atoms with E-state index in [4.69, 9.17) is 4.52 Å². The molecule has 1 amide bonds. The lowest BCUT2D eigenvalue weighted by molar-refractivity contribution is -0.129. The number of aryl methyl sites for hydroxylation is 1. The molecule has 0 saturated carbocycles. The van der Waals surface area contributed by atoms with Crippen molar-refractivity contribution in [2.45, 2.75) is 25.8 Å². The highest BCUT2D eigenvalue weighted by Crippen LogP contribution is 2.30. The minimum absolute atomic E-state index is 0.0264. The number of likely N-dealkylation sites (tertiary alicyclic amines) is 1. The summed E-state index contributed by atoms with van der Waals surface area (Å²) in [4.78, 5) is 27.1. The molecule has 0 N–H and O–H groups in total. The topological polar surface area (TPSA) is 85.0 Å². The molecule has 3 heterocycles. The summed E-state index contributed by atoms with van der Waals surface area (Å²) in [6, 6.07) is 9.95. The van der Waals surface area contributed by atoms with Crippen molar-refractivity contribution in [1.29, 1.82) is 0 Å². The van der Waals surface area contributed by atoms with Crippen LogP contribution in [0.3, 0.4) is 0 Å². The zero-order chi connectivity index (χ0) is 17.2. The van der Waals surface area contributed by atoms with E-state index in [2.05, 4.69) is 20.1 Å². The molecule has 126 valence electrons. The number of rotatable bonds is 4. The third-order valence-electron chi connectivity index (χ3n) is 4.36. The van der Waals surface area contributed by atoms with Gasteiger partial charge in [0.05, 0.1) is 0 Å². The number of amides is 1. The fourth-order valence-electron chi connectivity index (χ4n) is 3.04. The minimum Gasteiger partial charge on any atom is -0.338 e. The maximum atomic E-state index is 12.7. The summed E-state index contributed by atoms with van der Waals surface area (Å²) in [5, 5.41) is 3.99. The standard InChI is InChI=1S/C18H17N5O2/c1-12-9-19-11-20-15(12)16-21-17(25-22-16)14-7-8-23(18(14)24)10-13-5-3-2-4-6-13/h2-6,9,11,14H,7-8,10H2,1H3. The molecule has 1 fully saturated rings. The molecule has 4 rings (SSSR count). The zero-order valence-electron chi connectivity index (χ0n) is 13.8. The first kappa shape index (κ1) is 15.4.